The average molecular weight is 289 g/mol. The molecule has 0 saturated carbocycles. The highest BCUT2D eigenvalue weighted by molar-refractivity contribution is 9.10. The van der Waals surface area contributed by atoms with Gasteiger partial charge in [-0.3, -0.25) is 0 Å². The average Bonchev–Trinajstić information content (AvgIpc) is 2.62. The third-order valence-electron chi connectivity index (χ3n) is 1.90. The summed E-state index contributed by atoms with van der Waals surface area (Å²) in [6, 6.07) is 4.21. The molecule has 2 nitrogen and oxygen atoms in total. The van der Waals surface area contributed by atoms with Crippen molar-refractivity contribution in [2.24, 2.45) is 5.73 Å². The molecular weight excluding hydrogens is 280 g/mol. The van der Waals surface area contributed by atoms with Crippen molar-refractivity contribution in [3.63, 3.8) is 0 Å². The Morgan fingerprint density at radius 2 is 2.36 bits per heavy atom. The lowest BCUT2D eigenvalue weighted by Gasteiger charge is -1.99. The van der Waals surface area contributed by atoms with Gasteiger partial charge in [0.1, 0.15) is 5.01 Å². The molecule has 0 aliphatic heterocycles. The summed E-state index contributed by atoms with van der Waals surface area (Å²) in [5, 5.41) is 0.985. The maximum absolute atomic E-state index is 5.56. The molecule has 0 saturated heterocycles. The van der Waals surface area contributed by atoms with Crippen LogP contribution >= 0.6 is 39.0 Å². The molecule has 0 bridgehead atoms. The van der Waals surface area contributed by atoms with Crippen LogP contribution in [0.2, 0.25) is 0 Å². The van der Waals surface area contributed by atoms with E-state index in [0.717, 1.165) is 15.0 Å². The molecule has 14 heavy (non-hydrogen) atoms. The van der Waals surface area contributed by atoms with Crippen molar-refractivity contribution >= 4 is 49.2 Å². The van der Waals surface area contributed by atoms with Crippen LogP contribution in [0, 0.1) is 0 Å². The van der Waals surface area contributed by atoms with Gasteiger partial charge in [0, 0.05) is 11.4 Å². The largest absolute Gasteiger partial charge is 0.325 e. The van der Waals surface area contributed by atoms with Crippen LogP contribution in [0.5, 0.6) is 0 Å². The smallest absolute Gasteiger partial charge is 0.107 e. The number of fused-ring (bicyclic) bond motifs is 1. The van der Waals surface area contributed by atoms with Gasteiger partial charge in [0.05, 0.1) is 14.7 Å². The number of hydrogen-bond acceptors (Lipinski definition) is 4. The minimum atomic E-state index is 0.514. The summed E-state index contributed by atoms with van der Waals surface area (Å²) in [5.41, 5.74) is 6.59. The molecule has 0 unspecified atom stereocenters. The zero-order valence-electron chi connectivity index (χ0n) is 7.58. The van der Waals surface area contributed by atoms with Crippen LogP contribution in [0.4, 0.5) is 0 Å². The fraction of sp³-hybridized carbons (Fsp3) is 0.222. The Kier molecular flexibility index (Phi) is 3.11. The fourth-order valence-electron chi connectivity index (χ4n) is 1.23. The summed E-state index contributed by atoms with van der Waals surface area (Å²) in [7, 11) is 0. The quantitative estimate of drug-likeness (QED) is 0.863. The van der Waals surface area contributed by atoms with Crippen LogP contribution in [0.25, 0.3) is 10.2 Å². The number of benzene rings is 1. The van der Waals surface area contributed by atoms with Crippen LogP contribution in [-0.2, 0) is 6.54 Å². The first-order chi connectivity index (χ1) is 6.76. The van der Waals surface area contributed by atoms with Gasteiger partial charge < -0.3 is 5.73 Å². The second-order valence-corrected chi connectivity index (χ2v) is 5.50. The molecule has 0 aliphatic carbocycles. The van der Waals surface area contributed by atoms with Crippen molar-refractivity contribution in [1.29, 1.82) is 0 Å². The molecular formula is C9H9BrN2S2. The second kappa shape index (κ2) is 4.18. The fourth-order valence-corrected chi connectivity index (χ4v) is 3.62. The SMILES string of the molecule is CSc1ccc2sc(CN)nc2c1Br. The number of rotatable bonds is 2. The van der Waals surface area contributed by atoms with Gasteiger partial charge in [0.25, 0.3) is 0 Å². The molecule has 2 rings (SSSR count). The first-order valence-corrected chi connectivity index (χ1v) is 6.91. The van der Waals surface area contributed by atoms with Crippen molar-refractivity contribution in [2.45, 2.75) is 11.4 Å². The number of aromatic nitrogens is 1. The molecule has 1 heterocycles. The third-order valence-corrected chi connectivity index (χ3v) is 4.79. The molecule has 0 spiro atoms. The number of hydrogen-bond donors (Lipinski definition) is 1. The molecule has 0 fully saturated rings. The van der Waals surface area contributed by atoms with Crippen molar-refractivity contribution in [3.05, 3.63) is 21.6 Å². The molecule has 0 atom stereocenters. The summed E-state index contributed by atoms with van der Waals surface area (Å²) < 4.78 is 2.27. The van der Waals surface area contributed by atoms with Crippen LogP contribution < -0.4 is 5.73 Å². The summed E-state index contributed by atoms with van der Waals surface area (Å²) in [6.07, 6.45) is 2.06. The van der Waals surface area contributed by atoms with Gasteiger partial charge >= 0.3 is 0 Å². The van der Waals surface area contributed by atoms with Gasteiger partial charge in [-0.05, 0) is 34.3 Å². The molecule has 0 radical (unpaired) electrons. The van der Waals surface area contributed by atoms with Gasteiger partial charge in [-0.2, -0.15) is 0 Å². The third kappa shape index (κ3) is 1.69. The number of nitrogens with two attached hydrogens (primary N) is 1. The summed E-state index contributed by atoms with van der Waals surface area (Å²) >= 11 is 6.94. The Morgan fingerprint density at radius 1 is 1.57 bits per heavy atom. The van der Waals surface area contributed by atoms with Gasteiger partial charge in [0.15, 0.2) is 0 Å². The first kappa shape index (κ1) is 10.4. The van der Waals surface area contributed by atoms with Crippen molar-refractivity contribution in [1.82, 2.24) is 4.98 Å². The molecule has 2 N–H and O–H groups in total. The zero-order chi connectivity index (χ0) is 10.1. The maximum Gasteiger partial charge on any atom is 0.107 e. The lowest BCUT2D eigenvalue weighted by molar-refractivity contribution is 1.05. The Labute approximate surface area is 99.0 Å². The van der Waals surface area contributed by atoms with E-state index >= 15 is 0 Å². The highest BCUT2D eigenvalue weighted by atomic mass is 79.9. The van der Waals surface area contributed by atoms with Gasteiger partial charge in [-0.15, -0.1) is 23.1 Å². The highest BCUT2D eigenvalue weighted by Crippen LogP contribution is 2.35. The summed E-state index contributed by atoms with van der Waals surface area (Å²) in [5.74, 6) is 0. The predicted molar refractivity (Wildman–Crippen MR) is 67.0 cm³/mol. The summed E-state index contributed by atoms with van der Waals surface area (Å²) in [4.78, 5) is 5.69. The van der Waals surface area contributed by atoms with Crippen LogP contribution in [0.15, 0.2) is 21.5 Å². The number of thiazole rings is 1. The van der Waals surface area contributed by atoms with Crippen molar-refractivity contribution < 1.29 is 0 Å². The standard InChI is InChI=1S/C9H9BrN2S2/c1-13-5-2-3-6-9(8(5)10)12-7(4-11)14-6/h2-3H,4,11H2,1H3. The molecule has 0 amide bonds. The number of halogens is 1. The maximum atomic E-state index is 5.56. The van der Waals surface area contributed by atoms with E-state index < -0.39 is 0 Å². The van der Waals surface area contributed by atoms with Crippen molar-refractivity contribution in [2.75, 3.05) is 6.26 Å². The Hall–Kier alpha value is -0.100. The van der Waals surface area contributed by atoms with E-state index in [-0.39, 0.29) is 0 Å². The number of nitrogens with zero attached hydrogens (tertiary/aromatic N) is 1. The minimum Gasteiger partial charge on any atom is -0.325 e. The van der Waals surface area contributed by atoms with Gasteiger partial charge in [-0.25, -0.2) is 4.98 Å². The minimum absolute atomic E-state index is 0.514. The Morgan fingerprint density at radius 3 is 3.00 bits per heavy atom. The summed E-state index contributed by atoms with van der Waals surface area (Å²) in [6.45, 7) is 0.514. The van der Waals surface area contributed by atoms with Gasteiger partial charge in [-0.1, -0.05) is 0 Å². The van der Waals surface area contributed by atoms with E-state index in [0.29, 0.717) is 6.54 Å². The topological polar surface area (TPSA) is 38.9 Å². The normalized spacial score (nSPS) is 11.1. The van der Waals surface area contributed by atoms with E-state index in [9.17, 15) is 0 Å². The van der Waals surface area contributed by atoms with E-state index in [1.807, 2.05) is 0 Å². The van der Waals surface area contributed by atoms with Crippen molar-refractivity contribution in [3.8, 4) is 0 Å². The second-order valence-electron chi connectivity index (χ2n) is 2.74. The highest BCUT2D eigenvalue weighted by Gasteiger charge is 2.09. The molecule has 1 aromatic carbocycles. The molecule has 74 valence electrons. The van der Waals surface area contributed by atoms with Crippen LogP contribution in [0.3, 0.4) is 0 Å². The van der Waals surface area contributed by atoms with Crippen LogP contribution in [-0.4, -0.2) is 11.2 Å². The van der Waals surface area contributed by atoms with E-state index in [1.54, 1.807) is 23.1 Å². The lowest BCUT2D eigenvalue weighted by Crippen LogP contribution is -1.93. The molecule has 5 heteroatoms. The predicted octanol–water partition coefficient (Wildman–Crippen LogP) is 3.24. The van der Waals surface area contributed by atoms with E-state index in [2.05, 4.69) is 39.3 Å². The molecule has 0 aliphatic rings. The van der Waals surface area contributed by atoms with Gasteiger partial charge in [0.2, 0.25) is 0 Å². The number of thioether (sulfide) groups is 1. The lowest BCUT2D eigenvalue weighted by atomic mass is 10.3. The zero-order valence-corrected chi connectivity index (χ0v) is 10.8. The molecule has 1 aromatic heterocycles. The first-order valence-electron chi connectivity index (χ1n) is 4.08. The Bertz CT molecular complexity index is 467. The van der Waals surface area contributed by atoms with E-state index in [1.165, 1.54) is 9.60 Å². The Balaban J connectivity index is 2.68. The van der Waals surface area contributed by atoms with Crippen LogP contribution in [0.1, 0.15) is 5.01 Å². The monoisotopic (exact) mass is 288 g/mol. The van der Waals surface area contributed by atoms with E-state index in [4.69, 9.17) is 5.73 Å². The molecule has 2 aromatic rings.